The average Bonchev–Trinajstić information content (AvgIpc) is 2.63. The van der Waals surface area contributed by atoms with Gasteiger partial charge < -0.3 is 15.2 Å². The summed E-state index contributed by atoms with van der Waals surface area (Å²) in [5.41, 5.74) is 0. The highest BCUT2D eigenvalue weighted by Crippen LogP contribution is 2.21. The van der Waals surface area contributed by atoms with Crippen molar-refractivity contribution >= 4 is 15.7 Å². The Labute approximate surface area is 108 Å². The van der Waals surface area contributed by atoms with Crippen molar-refractivity contribution in [1.82, 2.24) is 5.32 Å². The minimum Gasteiger partial charge on any atom is -0.394 e. The maximum atomic E-state index is 11.5. The van der Waals surface area contributed by atoms with Gasteiger partial charge in [0.05, 0.1) is 24.7 Å². The van der Waals surface area contributed by atoms with Crippen molar-refractivity contribution in [3.63, 3.8) is 0 Å². The van der Waals surface area contributed by atoms with Gasteiger partial charge in [-0.1, -0.05) is 0 Å². The molecule has 0 aromatic rings. The molecule has 1 aliphatic rings. The molecule has 1 fully saturated rings. The summed E-state index contributed by atoms with van der Waals surface area (Å²) < 4.78 is 27.5. The molecule has 2 N–H and O–H groups in total. The van der Waals surface area contributed by atoms with E-state index in [4.69, 9.17) is 9.84 Å². The van der Waals surface area contributed by atoms with Crippen molar-refractivity contribution in [3.8, 4) is 0 Å². The fraction of sp³-hybridized carbons (Fsp3) is 0.909. The predicted molar refractivity (Wildman–Crippen MR) is 66.9 cm³/mol. The molecule has 0 aromatic carbocycles. The lowest BCUT2D eigenvalue weighted by molar-refractivity contribution is -0.121. The molecule has 0 saturated carbocycles. The lowest BCUT2D eigenvalue weighted by Crippen LogP contribution is -2.27. The van der Waals surface area contributed by atoms with Crippen LogP contribution in [0.15, 0.2) is 0 Å². The van der Waals surface area contributed by atoms with Gasteiger partial charge in [0.25, 0.3) is 0 Å². The number of rotatable bonds is 8. The fourth-order valence-electron chi connectivity index (χ4n) is 1.94. The van der Waals surface area contributed by atoms with Gasteiger partial charge in [-0.2, -0.15) is 0 Å². The molecule has 1 saturated heterocycles. The van der Waals surface area contributed by atoms with Gasteiger partial charge in [-0.25, -0.2) is 8.42 Å². The summed E-state index contributed by atoms with van der Waals surface area (Å²) in [6, 6.07) is 0. The molecule has 0 radical (unpaired) electrons. The van der Waals surface area contributed by atoms with Crippen molar-refractivity contribution in [1.29, 1.82) is 0 Å². The number of aliphatic hydroxyl groups is 1. The Bertz CT molecular complexity index is 354. The van der Waals surface area contributed by atoms with Gasteiger partial charge >= 0.3 is 0 Å². The molecule has 106 valence electrons. The van der Waals surface area contributed by atoms with Gasteiger partial charge in [0.2, 0.25) is 5.91 Å². The van der Waals surface area contributed by atoms with E-state index in [1.807, 2.05) is 0 Å². The van der Waals surface area contributed by atoms with Crippen molar-refractivity contribution in [2.24, 2.45) is 5.92 Å². The van der Waals surface area contributed by atoms with Crippen molar-refractivity contribution in [2.75, 3.05) is 37.9 Å². The van der Waals surface area contributed by atoms with Crippen LogP contribution in [-0.4, -0.2) is 57.3 Å². The third kappa shape index (κ3) is 6.32. The van der Waals surface area contributed by atoms with E-state index in [2.05, 4.69) is 5.32 Å². The van der Waals surface area contributed by atoms with Crippen molar-refractivity contribution in [2.45, 2.75) is 19.3 Å². The number of carbonyl (C=O) groups excluding carboxylic acids is 1. The maximum Gasteiger partial charge on any atom is 0.220 e. The molecule has 0 bridgehead atoms. The summed E-state index contributed by atoms with van der Waals surface area (Å²) in [5, 5.41) is 11.2. The number of sulfone groups is 1. The van der Waals surface area contributed by atoms with Crippen LogP contribution in [-0.2, 0) is 19.4 Å². The lowest BCUT2D eigenvalue weighted by Gasteiger charge is -2.08. The number of carbonyl (C=O) groups is 1. The van der Waals surface area contributed by atoms with E-state index in [0.29, 0.717) is 32.6 Å². The third-order valence-electron chi connectivity index (χ3n) is 2.82. The van der Waals surface area contributed by atoms with Crippen LogP contribution in [0.3, 0.4) is 0 Å². The van der Waals surface area contributed by atoms with Crippen LogP contribution >= 0.6 is 0 Å². The highest BCUT2D eigenvalue weighted by atomic mass is 32.2. The first-order valence-electron chi connectivity index (χ1n) is 6.19. The molecule has 1 heterocycles. The zero-order valence-corrected chi connectivity index (χ0v) is 11.2. The van der Waals surface area contributed by atoms with Crippen LogP contribution in [0.5, 0.6) is 0 Å². The highest BCUT2D eigenvalue weighted by Gasteiger charge is 2.29. The summed E-state index contributed by atoms with van der Waals surface area (Å²) in [5.74, 6) is 0.222. The monoisotopic (exact) mass is 279 g/mol. The molecule has 7 heteroatoms. The molecule has 1 rings (SSSR count). The zero-order valence-electron chi connectivity index (χ0n) is 10.4. The second-order valence-corrected chi connectivity index (χ2v) is 6.74. The summed E-state index contributed by atoms with van der Waals surface area (Å²) in [6.07, 6.45) is 1.57. The van der Waals surface area contributed by atoms with Gasteiger partial charge in [0.15, 0.2) is 9.84 Å². The van der Waals surface area contributed by atoms with Crippen LogP contribution in [0, 0.1) is 5.92 Å². The molecule has 0 aliphatic carbocycles. The molecule has 6 nitrogen and oxygen atoms in total. The molecule has 18 heavy (non-hydrogen) atoms. The Balaban J connectivity index is 2.04. The van der Waals surface area contributed by atoms with E-state index in [9.17, 15) is 13.2 Å². The van der Waals surface area contributed by atoms with Gasteiger partial charge in [-0.15, -0.1) is 0 Å². The number of hydrogen-bond donors (Lipinski definition) is 2. The Morgan fingerprint density at radius 1 is 1.39 bits per heavy atom. The standard InChI is InChI=1S/C11H21NO5S/c13-4-6-17-5-1-3-12-11(14)8-10-2-7-18(15,16)9-10/h10,13H,1-9H2,(H,12,14). The Kier molecular flexibility index (Phi) is 6.59. The molecule has 1 unspecified atom stereocenters. The molecular weight excluding hydrogens is 258 g/mol. The van der Waals surface area contributed by atoms with E-state index in [0.717, 1.165) is 0 Å². The topological polar surface area (TPSA) is 92.7 Å². The van der Waals surface area contributed by atoms with Gasteiger partial charge in [-0.3, -0.25) is 4.79 Å². The van der Waals surface area contributed by atoms with Crippen LogP contribution in [0.25, 0.3) is 0 Å². The number of ether oxygens (including phenoxy) is 1. The quantitative estimate of drug-likeness (QED) is 0.575. The highest BCUT2D eigenvalue weighted by molar-refractivity contribution is 7.91. The van der Waals surface area contributed by atoms with Crippen LogP contribution < -0.4 is 5.32 Å². The molecule has 1 amide bonds. The van der Waals surface area contributed by atoms with Crippen LogP contribution in [0.2, 0.25) is 0 Å². The predicted octanol–water partition coefficient (Wildman–Crippen LogP) is -0.674. The number of nitrogens with one attached hydrogen (secondary N) is 1. The normalized spacial score (nSPS) is 21.9. The second-order valence-electron chi connectivity index (χ2n) is 4.51. The van der Waals surface area contributed by atoms with Gasteiger partial charge in [0, 0.05) is 19.6 Å². The van der Waals surface area contributed by atoms with E-state index >= 15 is 0 Å². The fourth-order valence-corrected chi connectivity index (χ4v) is 3.80. The van der Waals surface area contributed by atoms with Crippen LogP contribution in [0.4, 0.5) is 0 Å². The summed E-state index contributed by atoms with van der Waals surface area (Å²) in [4.78, 5) is 11.5. The molecule has 1 atom stereocenters. The number of amides is 1. The smallest absolute Gasteiger partial charge is 0.220 e. The van der Waals surface area contributed by atoms with Gasteiger partial charge in [-0.05, 0) is 18.8 Å². The largest absolute Gasteiger partial charge is 0.394 e. The summed E-state index contributed by atoms with van der Waals surface area (Å²) >= 11 is 0. The van der Waals surface area contributed by atoms with Gasteiger partial charge in [0.1, 0.15) is 0 Å². The van der Waals surface area contributed by atoms with E-state index < -0.39 is 9.84 Å². The van der Waals surface area contributed by atoms with Crippen LogP contribution in [0.1, 0.15) is 19.3 Å². The maximum absolute atomic E-state index is 11.5. The minimum absolute atomic E-state index is 0.00249. The minimum atomic E-state index is -2.90. The number of aliphatic hydroxyl groups excluding tert-OH is 1. The molecular formula is C11H21NO5S. The van der Waals surface area contributed by atoms with E-state index in [-0.39, 0.29) is 36.4 Å². The Morgan fingerprint density at radius 3 is 2.78 bits per heavy atom. The molecule has 0 spiro atoms. The number of hydrogen-bond acceptors (Lipinski definition) is 5. The molecule has 1 aliphatic heterocycles. The SMILES string of the molecule is O=C(CC1CCS(=O)(=O)C1)NCCCOCCO. The van der Waals surface area contributed by atoms with E-state index in [1.54, 1.807) is 0 Å². The first-order chi connectivity index (χ1) is 8.53. The van der Waals surface area contributed by atoms with Crippen molar-refractivity contribution in [3.05, 3.63) is 0 Å². The van der Waals surface area contributed by atoms with Crippen molar-refractivity contribution < 1.29 is 23.1 Å². The Hall–Kier alpha value is -0.660. The first kappa shape index (κ1) is 15.4. The average molecular weight is 279 g/mol. The molecule has 0 aromatic heterocycles. The lowest BCUT2D eigenvalue weighted by atomic mass is 10.1. The van der Waals surface area contributed by atoms with E-state index in [1.165, 1.54) is 0 Å². The first-order valence-corrected chi connectivity index (χ1v) is 8.01. The summed E-state index contributed by atoms with van der Waals surface area (Å²) in [7, 11) is -2.90. The second kappa shape index (κ2) is 7.70. The third-order valence-corrected chi connectivity index (χ3v) is 4.66. The summed E-state index contributed by atoms with van der Waals surface area (Å²) in [6.45, 7) is 1.33. The zero-order chi connectivity index (χ0) is 13.4. The Morgan fingerprint density at radius 2 is 2.17 bits per heavy atom.